The molecule has 5 nitrogen and oxygen atoms in total. The molecule has 0 saturated heterocycles. The molecular formula is C18H18BrN5. The van der Waals surface area contributed by atoms with E-state index in [4.69, 9.17) is 0 Å². The lowest BCUT2D eigenvalue weighted by molar-refractivity contribution is 0.948. The highest BCUT2D eigenvalue weighted by molar-refractivity contribution is 9.10. The smallest absolute Gasteiger partial charge is 0.244 e. The summed E-state index contributed by atoms with van der Waals surface area (Å²) in [5.74, 6) is 1.15. The van der Waals surface area contributed by atoms with E-state index in [2.05, 4.69) is 66.9 Å². The van der Waals surface area contributed by atoms with Gasteiger partial charge in [0.15, 0.2) is 5.82 Å². The quantitative estimate of drug-likeness (QED) is 0.673. The molecule has 0 fully saturated rings. The Morgan fingerprint density at radius 1 is 1.08 bits per heavy atom. The van der Waals surface area contributed by atoms with E-state index >= 15 is 0 Å². The molecule has 0 bridgehead atoms. The van der Waals surface area contributed by atoms with E-state index in [0.717, 1.165) is 15.7 Å². The lowest BCUT2D eigenvalue weighted by Gasteiger charge is -2.10. The van der Waals surface area contributed by atoms with Gasteiger partial charge in [-0.15, -0.1) is 5.10 Å². The number of aryl methyl sites for hydroxylation is 2. The second-order valence-corrected chi connectivity index (χ2v) is 6.51. The van der Waals surface area contributed by atoms with Gasteiger partial charge in [-0.1, -0.05) is 45.8 Å². The van der Waals surface area contributed by atoms with E-state index < -0.39 is 0 Å². The normalized spacial score (nSPS) is 10.5. The van der Waals surface area contributed by atoms with Gasteiger partial charge in [-0.05, 0) is 43.2 Å². The zero-order chi connectivity index (χ0) is 16.9. The molecule has 0 spiro atoms. The summed E-state index contributed by atoms with van der Waals surface area (Å²) in [4.78, 5) is 4.46. The highest BCUT2D eigenvalue weighted by Crippen LogP contribution is 2.22. The monoisotopic (exact) mass is 383 g/mol. The minimum absolute atomic E-state index is 0.497. The predicted molar refractivity (Wildman–Crippen MR) is 100 cm³/mol. The van der Waals surface area contributed by atoms with Crippen LogP contribution in [0.25, 0.3) is 0 Å². The van der Waals surface area contributed by atoms with Gasteiger partial charge in [0, 0.05) is 16.7 Å². The molecule has 24 heavy (non-hydrogen) atoms. The van der Waals surface area contributed by atoms with Crippen molar-refractivity contribution in [1.29, 1.82) is 0 Å². The molecule has 0 unspecified atom stereocenters. The zero-order valence-electron chi connectivity index (χ0n) is 13.5. The summed E-state index contributed by atoms with van der Waals surface area (Å²) in [6.07, 6.45) is 1.61. The third-order valence-electron chi connectivity index (χ3n) is 3.54. The first kappa shape index (κ1) is 16.4. The van der Waals surface area contributed by atoms with Crippen LogP contribution < -0.4 is 10.6 Å². The minimum Gasteiger partial charge on any atom is -0.349 e. The van der Waals surface area contributed by atoms with E-state index in [1.54, 1.807) is 6.20 Å². The summed E-state index contributed by atoms with van der Waals surface area (Å²) < 4.78 is 1.05. The number of aromatic nitrogens is 3. The van der Waals surface area contributed by atoms with Crippen molar-refractivity contribution in [3.8, 4) is 0 Å². The van der Waals surface area contributed by atoms with Crippen molar-refractivity contribution < 1.29 is 0 Å². The van der Waals surface area contributed by atoms with Crippen LogP contribution in [0.4, 0.5) is 17.5 Å². The van der Waals surface area contributed by atoms with Gasteiger partial charge < -0.3 is 10.6 Å². The van der Waals surface area contributed by atoms with Crippen LogP contribution in [0, 0.1) is 13.8 Å². The van der Waals surface area contributed by atoms with Crippen molar-refractivity contribution in [2.45, 2.75) is 20.4 Å². The van der Waals surface area contributed by atoms with Gasteiger partial charge in [0.1, 0.15) is 0 Å². The van der Waals surface area contributed by atoms with Crippen molar-refractivity contribution in [1.82, 2.24) is 15.2 Å². The van der Waals surface area contributed by atoms with Gasteiger partial charge in [-0.2, -0.15) is 10.1 Å². The van der Waals surface area contributed by atoms with Crippen LogP contribution in [0.15, 0.2) is 53.1 Å². The summed E-state index contributed by atoms with van der Waals surface area (Å²) in [6, 6.07) is 14.4. The molecule has 2 N–H and O–H groups in total. The van der Waals surface area contributed by atoms with Crippen LogP contribution in [-0.2, 0) is 6.54 Å². The van der Waals surface area contributed by atoms with E-state index in [9.17, 15) is 0 Å². The summed E-state index contributed by atoms with van der Waals surface area (Å²) in [5.41, 5.74) is 4.52. The van der Waals surface area contributed by atoms with Crippen molar-refractivity contribution in [2.75, 3.05) is 10.6 Å². The maximum Gasteiger partial charge on any atom is 0.244 e. The van der Waals surface area contributed by atoms with E-state index in [-0.39, 0.29) is 0 Å². The topological polar surface area (TPSA) is 62.7 Å². The third kappa shape index (κ3) is 4.29. The van der Waals surface area contributed by atoms with Gasteiger partial charge in [0.05, 0.1) is 6.20 Å². The van der Waals surface area contributed by atoms with Crippen LogP contribution >= 0.6 is 15.9 Å². The van der Waals surface area contributed by atoms with Crippen LogP contribution in [-0.4, -0.2) is 15.2 Å². The maximum atomic E-state index is 4.46. The van der Waals surface area contributed by atoms with Crippen molar-refractivity contribution >= 4 is 33.4 Å². The summed E-state index contributed by atoms with van der Waals surface area (Å²) in [7, 11) is 0. The number of hydrogen-bond acceptors (Lipinski definition) is 5. The Bertz CT molecular complexity index is 850. The molecule has 0 aliphatic rings. The van der Waals surface area contributed by atoms with Crippen molar-refractivity contribution in [3.63, 3.8) is 0 Å². The first-order chi connectivity index (χ1) is 11.6. The molecule has 0 saturated carbocycles. The van der Waals surface area contributed by atoms with Gasteiger partial charge in [-0.3, -0.25) is 0 Å². The Balaban J connectivity index is 1.69. The Labute approximate surface area is 149 Å². The molecule has 0 aliphatic heterocycles. The summed E-state index contributed by atoms with van der Waals surface area (Å²) >= 11 is 3.47. The van der Waals surface area contributed by atoms with E-state index in [0.29, 0.717) is 18.3 Å². The molecule has 122 valence electrons. The number of rotatable bonds is 5. The molecule has 0 aliphatic carbocycles. The largest absolute Gasteiger partial charge is 0.349 e. The molecular weight excluding hydrogens is 366 g/mol. The second-order valence-electron chi connectivity index (χ2n) is 5.59. The first-order valence-corrected chi connectivity index (χ1v) is 8.42. The third-order valence-corrected chi connectivity index (χ3v) is 4.04. The van der Waals surface area contributed by atoms with Gasteiger partial charge in [-0.25, -0.2) is 0 Å². The fourth-order valence-electron chi connectivity index (χ4n) is 2.35. The molecule has 3 aromatic rings. The molecule has 3 rings (SSSR count). The fourth-order valence-corrected chi connectivity index (χ4v) is 2.82. The lowest BCUT2D eigenvalue weighted by atomic mass is 10.1. The number of anilines is 3. The molecule has 1 heterocycles. The summed E-state index contributed by atoms with van der Waals surface area (Å²) in [5, 5.41) is 14.5. The zero-order valence-corrected chi connectivity index (χ0v) is 15.1. The van der Waals surface area contributed by atoms with Crippen LogP contribution in [0.3, 0.4) is 0 Å². The van der Waals surface area contributed by atoms with Crippen LogP contribution in [0.1, 0.15) is 16.7 Å². The number of benzene rings is 2. The van der Waals surface area contributed by atoms with Crippen LogP contribution in [0.2, 0.25) is 0 Å². The van der Waals surface area contributed by atoms with Gasteiger partial charge in [0.25, 0.3) is 0 Å². The Kier molecular flexibility index (Phi) is 5.05. The predicted octanol–water partition coefficient (Wildman–Crippen LogP) is 4.61. The van der Waals surface area contributed by atoms with Gasteiger partial charge in [0.2, 0.25) is 5.95 Å². The summed E-state index contributed by atoms with van der Waals surface area (Å²) in [6.45, 7) is 4.77. The van der Waals surface area contributed by atoms with Crippen LogP contribution in [0.5, 0.6) is 0 Å². The molecule has 2 aromatic carbocycles. The molecule has 0 radical (unpaired) electrons. The Morgan fingerprint density at radius 2 is 1.96 bits per heavy atom. The fraction of sp³-hybridized carbons (Fsp3) is 0.167. The Hall–Kier alpha value is -2.47. The molecule has 6 heteroatoms. The van der Waals surface area contributed by atoms with Crippen molar-refractivity contribution in [3.05, 3.63) is 69.8 Å². The van der Waals surface area contributed by atoms with E-state index in [1.807, 2.05) is 31.2 Å². The maximum absolute atomic E-state index is 4.46. The number of nitrogens with zero attached hydrogens (tertiary/aromatic N) is 3. The van der Waals surface area contributed by atoms with Gasteiger partial charge >= 0.3 is 0 Å². The highest BCUT2D eigenvalue weighted by Gasteiger charge is 2.04. The molecule has 1 aromatic heterocycles. The first-order valence-electron chi connectivity index (χ1n) is 7.62. The van der Waals surface area contributed by atoms with E-state index in [1.165, 1.54) is 11.1 Å². The standard InChI is InChI=1S/C18H18BrN5/c1-12-4-3-5-14(8-12)10-20-18-23-17(11-21-24-18)22-16-7-6-15(19)9-13(16)2/h3-9,11H,10H2,1-2H3,(H2,20,22,23,24). The second kappa shape index (κ2) is 7.40. The highest BCUT2D eigenvalue weighted by atomic mass is 79.9. The minimum atomic E-state index is 0.497. The van der Waals surface area contributed by atoms with Crippen molar-refractivity contribution in [2.24, 2.45) is 0 Å². The lowest BCUT2D eigenvalue weighted by Crippen LogP contribution is -2.06. The number of hydrogen-bond donors (Lipinski definition) is 2. The number of nitrogens with one attached hydrogen (secondary N) is 2. The molecule has 0 atom stereocenters. The average molecular weight is 384 g/mol. The average Bonchev–Trinajstić information content (AvgIpc) is 2.56. The number of halogens is 1. The Morgan fingerprint density at radius 3 is 2.75 bits per heavy atom. The SMILES string of the molecule is Cc1cccc(CNc2nncc(Nc3ccc(Br)cc3C)n2)c1. The molecule has 0 amide bonds.